The number of furan rings is 1. The summed E-state index contributed by atoms with van der Waals surface area (Å²) in [6.45, 7) is 1.78. The van der Waals surface area contributed by atoms with E-state index in [1.807, 2.05) is 0 Å². The van der Waals surface area contributed by atoms with E-state index < -0.39 is 0 Å². The molecular formula is C21H23ClN4O4. The van der Waals surface area contributed by atoms with Gasteiger partial charge in [0.25, 0.3) is 5.91 Å². The van der Waals surface area contributed by atoms with Gasteiger partial charge in [-0.15, -0.1) is 0 Å². The summed E-state index contributed by atoms with van der Waals surface area (Å²) in [6.07, 6.45) is 5.60. The zero-order chi connectivity index (χ0) is 21.1. The largest absolute Gasteiger partial charge is 0.472 e. The number of amides is 4. The van der Waals surface area contributed by atoms with Gasteiger partial charge in [0.05, 0.1) is 22.5 Å². The third kappa shape index (κ3) is 4.43. The van der Waals surface area contributed by atoms with Gasteiger partial charge >= 0.3 is 6.03 Å². The molecule has 158 valence electrons. The van der Waals surface area contributed by atoms with Crippen LogP contribution in [0.4, 0.5) is 16.2 Å². The summed E-state index contributed by atoms with van der Waals surface area (Å²) in [5, 5.41) is 6.12. The van der Waals surface area contributed by atoms with Crippen molar-refractivity contribution in [3.05, 3.63) is 47.4 Å². The van der Waals surface area contributed by atoms with Gasteiger partial charge in [-0.05, 0) is 43.5 Å². The lowest BCUT2D eigenvalue weighted by molar-refractivity contribution is -0.117. The molecule has 3 heterocycles. The zero-order valence-corrected chi connectivity index (χ0v) is 17.2. The minimum atomic E-state index is -0.360. The number of halogens is 1. The van der Waals surface area contributed by atoms with Crippen LogP contribution in [0.1, 0.15) is 36.0 Å². The normalized spacial score (nSPS) is 17.3. The molecule has 2 fully saturated rings. The number of anilines is 2. The first-order chi connectivity index (χ1) is 14.5. The molecule has 9 heteroatoms. The van der Waals surface area contributed by atoms with E-state index in [9.17, 15) is 14.4 Å². The molecule has 4 rings (SSSR count). The number of hydrogen-bond donors (Lipinski definition) is 2. The van der Waals surface area contributed by atoms with Gasteiger partial charge < -0.3 is 24.9 Å². The van der Waals surface area contributed by atoms with Gasteiger partial charge in [0.15, 0.2) is 0 Å². The van der Waals surface area contributed by atoms with Crippen molar-refractivity contribution < 1.29 is 18.8 Å². The van der Waals surface area contributed by atoms with Gasteiger partial charge in [-0.1, -0.05) is 11.6 Å². The summed E-state index contributed by atoms with van der Waals surface area (Å²) in [6, 6.07) is 6.42. The van der Waals surface area contributed by atoms with Crippen LogP contribution in [-0.2, 0) is 4.79 Å². The summed E-state index contributed by atoms with van der Waals surface area (Å²) in [4.78, 5) is 40.3. The molecule has 0 saturated carbocycles. The number of hydrogen-bond acceptors (Lipinski definition) is 4. The van der Waals surface area contributed by atoms with Crippen molar-refractivity contribution in [2.75, 3.05) is 29.9 Å². The molecule has 0 aliphatic carbocycles. The van der Waals surface area contributed by atoms with Crippen LogP contribution in [0.5, 0.6) is 0 Å². The molecule has 1 aromatic carbocycles. The van der Waals surface area contributed by atoms with E-state index in [-0.39, 0.29) is 23.9 Å². The van der Waals surface area contributed by atoms with E-state index in [4.69, 9.17) is 16.0 Å². The van der Waals surface area contributed by atoms with Gasteiger partial charge in [-0.2, -0.15) is 0 Å². The first-order valence-corrected chi connectivity index (χ1v) is 10.4. The van der Waals surface area contributed by atoms with Crippen LogP contribution < -0.4 is 15.5 Å². The van der Waals surface area contributed by atoms with Crippen molar-refractivity contribution in [2.45, 2.75) is 31.7 Å². The highest BCUT2D eigenvalue weighted by Gasteiger charge is 2.26. The topological polar surface area (TPSA) is 94.9 Å². The van der Waals surface area contributed by atoms with Crippen LogP contribution in [-0.4, -0.2) is 48.4 Å². The van der Waals surface area contributed by atoms with Crippen LogP contribution in [0.2, 0.25) is 5.02 Å². The highest BCUT2D eigenvalue weighted by molar-refractivity contribution is 6.33. The Hall–Kier alpha value is -3.00. The molecule has 0 atom stereocenters. The predicted octanol–water partition coefficient (Wildman–Crippen LogP) is 3.49. The fraction of sp³-hybridized carbons (Fsp3) is 0.381. The second-order valence-electron chi connectivity index (χ2n) is 7.49. The lowest BCUT2D eigenvalue weighted by Gasteiger charge is -2.32. The lowest BCUT2D eigenvalue weighted by Crippen LogP contribution is -2.47. The maximum atomic E-state index is 12.5. The van der Waals surface area contributed by atoms with E-state index >= 15 is 0 Å². The number of likely N-dealkylation sites (tertiary alicyclic amines) is 1. The van der Waals surface area contributed by atoms with Gasteiger partial charge in [0.1, 0.15) is 6.26 Å². The molecule has 0 radical (unpaired) electrons. The molecule has 2 saturated heterocycles. The second-order valence-corrected chi connectivity index (χ2v) is 7.90. The van der Waals surface area contributed by atoms with Crippen molar-refractivity contribution in [2.24, 2.45) is 0 Å². The summed E-state index contributed by atoms with van der Waals surface area (Å²) >= 11 is 6.23. The molecule has 2 aliphatic heterocycles. The molecule has 8 nitrogen and oxygen atoms in total. The van der Waals surface area contributed by atoms with Crippen molar-refractivity contribution in [3.8, 4) is 0 Å². The monoisotopic (exact) mass is 430 g/mol. The van der Waals surface area contributed by atoms with Crippen LogP contribution in [0.15, 0.2) is 41.2 Å². The molecule has 4 amide bonds. The van der Waals surface area contributed by atoms with Gasteiger partial charge in [0, 0.05) is 37.8 Å². The Morgan fingerprint density at radius 3 is 2.60 bits per heavy atom. The molecule has 2 N–H and O–H groups in total. The predicted molar refractivity (Wildman–Crippen MR) is 113 cm³/mol. The van der Waals surface area contributed by atoms with Crippen LogP contribution in [0.3, 0.4) is 0 Å². The molecule has 0 bridgehead atoms. The molecule has 0 spiro atoms. The molecule has 2 aliphatic rings. The third-order valence-corrected chi connectivity index (χ3v) is 5.80. The average molecular weight is 431 g/mol. The number of carbonyl (C=O) groups excluding carboxylic acids is 3. The van der Waals surface area contributed by atoms with Gasteiger partial charge in [0.2, 0.25) is 5.91 Å². The first kappa shape index (κ1) is 20.3. The summed E-state index contributed by atoms with van der Waals surface area (Å²) in [5.74, 6) is 0.0103. The van der Waals surface area contributed by atoms with Crippen LogP contribution in [0, 0.1) is 0 Å². The Bertz CT molecular complexity index is 938. The summed E-state index contributed by atoms with van der Waals surface area (Å²) in [7, 11) is 0. The van der Waals surface area contributed by atoms with E-state index in [0.717, 1.165) is 12.1 Å². The second kappa shape index (κ2) is 8.79. The number of carbonyl (C=O) groups is 3. The average Bonchev–Trinajstić information content (AvgIpc) is 3.42. The van der Waals surface area contributed by atoms with Gasteiger partial charge in [-0.25, -0.2) is 4.79 Å². The highest BCUT2D eigenvalue weighted by atomic mass is 35.5. The minimum Gasteiger partial charge on any atom is -0.472 e. The molecular weight excluding hydrogens is 408 g/mol. The third-order valence-electron chi connectivity index (χ3n) is 5.47. The SMILES string of the molecule is O=C(Nc1cc(N2CCCC2=O)ccc1Cl)NC1CCN(C(=O)c2ccoc2)CC1. The number of nitrogens with one attached hydrogen (secondary N) is 2. The molecule has 30 heavy (non-hydrogen) atoms. The summed E-state index contributed by atoms with van der Waals surface area (Å²) < 4.78 is 4.97. The fourth-order valence-electron chi connectivity index (χ4n) is 3.84. The molecule has 0 unspecified atom stereocenters. The van der Waals surface area contributed by atoms with Crippen molar-refractivity contribution >= 4 is 40.8 Å². The Balaban J connectivity index is 1.31. The number of urea groups is 1. The Kier molecular flexibility index (Phi) is 5.94. The zero-order valence-electron chi connectivity index (χ0n) is 16.4. The Morgan fingerprint density at radius 1 is 1.13 bits per heavy atom. The van der Waals surface area contributed by atoms with Crippen LogP contribution >= 0.6 is 11.6 Å². The highest BCUT2D eigenvalue weighted by Crippen LogP contribution is 2.30. The lowest BCUT2D eigenvalue weighted by atomic mass is 10.0. The van der Waals surface area contributed by atoms with Crippen molar-refractivity contribution in [3.63, 3.8) is 0 Å². The smallest absolute Gasteiger partial charge is 0.319 e. The number of piperidine rings is 1. The van der Waals surface area contributed by atoms with E-state index in [1.165, 1.54) is 12.5 Å². The fourth-order valence-corrected chi connectivity index (χ4v) is 4.00. The maximum Gasteiger partial charge on any atom is 0.319 e. The molecule has 2 aromatic rings. The van der Waals surface area contributed by atoms with Crippen molar-refractivity contribution in [1.82, 2.24) is 10.2 Å². The van der Waals surface area contributed by atoms with E-state index in [0.29, 0.717) is 55.2 Å². The minimum absolute atomic E-state index is 0.0412. The number of nitrogens with zero attached hydrogens (tertiary/aromatic N) is 2. The Labute approximate surface area is 179 Å². The van der Waals surface area contributed by atoms with Crippen molar-refractivity contribution in [1.29, 1.82) is 0 Å². The van der Waals surface area contributed by atoms with E-state index in [1.54, 1.807) is 34.1 Å². The van der Waals surface area contributed by atoms with E-state index in [2.05, 4.69) is 10.6 Å². The van der Waals surface area contributed by atoms with Gasteiger partial charge in [-0.3, -0.25) is 9.59 Å². The quantitative estimate of drug-likeness (QED) is 0.776. The van der Waals surface area contributed by atoms with Crippen LogP contribution in [0.25, 0.3) is 0 Å². The number of benzene rings is 1. The number of rotatable bonds is 4. The summed E-state index contributed by atoms with van der Waals surface area (Å²) in [5.41, 5.74) is 1.72. The maximum absolute atomic E-state index is 12.5. The molecule has 1 aromatic heterocycles. The standard InChI is InChI=1S/C21H23ClN4O4/c22-17-4-3-16(26-8-1-2-19(26)27)12-18(17)24-21(29)23-15-5-9-25(10-6-15)20(28)14-7-11-30-13-14/h3-4,7,11-13,15H,1-2,5-6,8-10H2,(H2,23,24,29). The Morgan fingerprint density at radius 2 is 1.93 bits per heavy atom. The first-order valence-electron chi connectivity index (χ1n) is 10.00.